The van der Waals surface area contributed by atoms with E-state index in [0.717, 1.165) is 36.0 Å². The number of benzene rings is 1. The van der Waals surface area contributed by atoms with Gasteiger partial charge in [-0.3, -0.25) is 9.59 Å². The Labute approximate surface area is 181 Å². The van der Waals surface area contributed by atoms with Gasteiger partial charge in [-0.1, -0.05) is 38.0 Å². The topological polar surface area (TPSA) is 68.9 Å². The standard InChI is InChI=1S/C24H29FN4O2/c1-15-8-4-7-11-21(15)27-22(30)14-29-24(31)23-17(3)28(16(2)19(23)12-26-29)13-18-9-5-6-10-20(18)25/h5-6,9-10,12,15,21H,4,7-8,11,13-14H2,1-3H3,(H,27,30)/t15-,21+/m0/s1. The SMILES string of the molecule is Cc1c2cnn(CC(=O)N[C@@H]3CCCC[C@@H]3C)c(=O)c2c(C)n1Cc1ccccc1F. The number of hydrogen-bond donors (Lipinski definition) is 1. The van der Waals surface area contributed by atoms with Gasteiger partial charge in [0.05, 0.1) is 18.1 Å². The molecule has 7 heteroatoms. The van der Waals surface area contributed by atoms with Crippen molar-refractivity contribution in [2.24, 2.45) is 5.92 Å². The molecule has 1 amide bonds. The summed E-state index contributed by atoms with van der Waals surface area (Å²) in [6.07, 6.45) is 6.04. The van der Waals surface area contributed by atoms with E-state index in [0.29, 0.717) is 23.4 Å². The number of rotatable bonds is 5. The Morgan fingerprint density at radius 3 is 2.68 bits per heavy atom. The largest absolute Gasteiger partial charge is 0.351 e. The Morgan fingerprint density at radius 1 is 1.19 bits per heavy atom. The van der Waals surface area contributed by atoms with Crippen molar-refractivity contribution in [1.82, 2.24) is 19.7 Å². The van der Waals surface area contributed by atoms with Crippen molar-refractivity contribution in [2.75, 3.05) is 0 Å². The number of carbonyl (C=O) groups excluding carboxylic acids is 1. The third kappa shape index (κ3) is 4.13. The smallest absolute Gasteiger partial charge is 0.276 e. The average molecular weight is 425 g/mol. The fraction of sp³-hybridized carbons (Fsp3) is 0.458. The van der Waals surface area contributed by atoms with Crippen molar-refractivity contribution >= 4 is 16.7 Å². The van der Waals surface area contributed by atoms with Crippen LogP contribution in [-0.2, 0) is 17.9 Å². The molecule has 0 saturated heterocycles. The van der Waals surface area contributed by atoms with Crippen LogP contribution in [0.4, 0.5) is 4.39 Å². The fourth-order valence-electron chi connectivity index (χ4n) is 4.71. The first kappa shape index (κ1) is 21.3. The molecule has 0 radical (unpaired) electrons. The van der Waals surface area contributed by atoms with E-state index in [-0.39, 0.29) is 29.9 Å². The van der Waals surface area contributed by atoms with Crippen molar-refractivity contribution in [3.8, 4) is 0 Å². The molecule has 0 aliphatic heterocycles. The van der Waals surface area contributed by atoms with Gasteiger partial charge in [0.15, 0.2) is 0 Å². The van der Waals surface area contributed by atoms with Crippen LogP contribution in [0.2, 0.25) is 0 Å². The molecule has 1 aliphatic rings. The van der Waals surface area contributed by atoms with E-state index in [9.17, 15) is 14.0 Å². The number of nitrogens with zero attached hydrogens (tertiary/aromatic N) is 3. The highest BCUT2D eigenvalue weighted by Gasteiger charge is 2.24. The molecule has 1 aliphatic carbocycles. The van der Waals surface area contributed by atoms with Gasteiger partial charge < -0.3 is 9.88 Å². The molecule has 2 atom stereocenters. The predicted molar refractivity (Wildman–Crippen MR) is 119 cm³/mol. The number of fused-ring (bicyclic) bond motifs is 1. The maximum atomic E-state index is 14.2. The van der Waals surface area contributed by atoms with Gasteiger partial charge >= 0.3 is 0 Å². The van der Waals surface area contributed by atoms with Crippen molar-refractivity contribution in [2.45, 2.75) is 65.6 Å². The molecular weight excluding hydrogens is 395 g/mol. The summed E-state index contributed by atoms with van der Waals surface area (Å²) in [5.41, 5.74) is 1.87. The number of carbonyl (C=O) groups is 1. The second-order valence-electron chi connectivity index (χ2n) is 8.68. The molecular formula is C24H29FN4O2. The summed E-state index contributed by atoms with van der Waals surface area (Å²) < 4.78 is 17.3. The van der Waals surface area contributed by atoms with Crippen molar-refractivity contribution < 1.29 is 9.18 Å². The van der Waals surface area contributed by atoms with Crippen LogP contribution in [0.3, 0.4) is 0 Å². The molecule has 1 aromatic carbocycles. The van der Waals surface area contributed by atoms with E-state index in [1.807, 2.05) is 18.4 Å². The zero-order chi connectivity index (χ0) is 22.1. The van der Waals surface area contributed by atoms with E-state index in [1.165, 1.54) is 17.2 Å². The molecule has 3 aromatic rings. The van der Waals surface area contributed by atoms with E-state index in [4.69, 9.17) is 0 Å². The van der Waals surface area contributed by atoms with Crippen molar-refractivity contribution in [1.29, 1.82) is 0 Å². The maximum Gasteiger partial charge on any atom is 0.276 e. The minimum Gasteiger partial charge on any atom is -0.351 e. The van der Waals surface area contributed by atoms with Gasteiger partial charge in [0, 0.05) is 28.4 Å². The fourth-order valence-corrected chi connectivity index (χ4v) is 4.71. The molecule has 2 heterocycles. The van der Waals surface area contributed by atoms with Crippen LogP contribution < -0.4 is 10.9 Å². The molecule has 1 saturated carbocycles. The third-order valence-electron chi connectivity index (χ3n) is 6.64. The molecule has 1 N–H and O–H groups in total. The highest BCUT2D eigenvalue weighted by molar-refractivity contribution is 5.87. The Bertz CT molecular complexity index is 1180. The van der Waals surface area contributed by atoms with Gasteiger partial charge in [0.1, 0.15) is 12.4 Å². The van der Waals surface area contributed by atoms with Gasteiger partial charge in [-0.25, -0.2) is 9.07 Å². The number of amides is 1. The summed E-state index contributed by atoms with van der Waals surface area (Å²) in [6, 6.07) is 6.79. The Kier molecular flexibility index (Phi) is 5.94. The van der Waals surface area contributed by atoms with Gasteiger partial charge in [-0.15, -0.1) is 0 Å². The lowest BCUT2D eigenvalue weighted by Crippen LogP contribution is -2.43. The molecule has 2 aromatic heterocycles. The first-order valence-electron chi connectivity index (χ1n) is 10.9. The van der Waals surface area contributed by atoms with Crippen LogP contribution in [-0.4, -0.2) is 26.3 Å². The molecule has 164 valence electrons. The monoisotopic (exact) mass is 424 g/mol. The molecule has 0 bridgehead atoms. The molecule has 0 spiro atoms. The number of hydrogen-bond acceptors (Lipinski definition) is 3. The van der Waals surface area contributed by atoms with E-state index < -0.39 is 0 Å². The first-order valence-corrected chi connectivity index (χ1v) is 10.9. The lowest BCUT2D eigenvalue weighted by atomic mass is 9.86. The number of aromatic nitrogens is 3. The molecule has 1 fully saturated rings. The Balaban J connectivity index is 1.61. The molecule has 31 heavy (non-hydrogen) atoms. The lowest BCUT2D eigenvalue weighted by Gasteiger charge is -2.29. The van der Waals surface area contributed by atoms with Gasteiger partial charge in [0.25, 0.3) is 5.56 Å². The summed E-state index contributed by atoms with van der Waals surface area (Å²) in [5, 5.41) is 8.59. The van der Waals surface area contributed by atoms with E-state index >= 15 is 0 Å². The zero-order valence-electron chi connectivity index (χ0n) is 18.3. The third-order valence-corrected chi connectivity index (χ3v) is 6.64. The first-order chi connectivity index (χ1) is 14.9. The Hall–Kier alpha value is -2.96. The summed E-state index contributed by atoms with van der Waals surface area (Å²) in [5.74, 6) is -0.0155. The van der Waals surface area contributed by atoms with Crippen LogP contribution in [0.1, 0.15) is 49.6 Å². The van der Waals surface area contributed by atoms with E-state index in [1.54, 1.807) is 24.4 Å². The quantitative estimate of drug-likeness (QED) is 0.679. The molecule has 4 rings (SSSR count). The highest BCUT2D eigenvalue weighted by atomic mass is 19.1. The van der Waals surface area contributed by atoms with Gasteiger partial charge in [-0.05, 0) is 38.7 Å². The van der Waals surface area contributed by atoms with Crippen molar-refractivity contribution in [3.05, 3.63) is 63.6 Å². The van der Waals surface area contributed by atoms with Crippen LogP contribution in [0.25, 0.3) is 10.8 Å². The van der Waals surface area contributed by atoms with E-state index in [2.05, 4.69) is 17.3 Å². The maximum absolute atomic E-state index is 14.2. The summed E-state index contributed by atoms with van der Waals surface area (Å²) in [4.78, 5) is 25.8. The van der Waals surface area contributed by atoms with Crippen LogP contribution in [0, 0.1) is 25.6 Å². The summed E-state index contributed by atoms with van der Waals surface area (Å²) >= 11 is 0. The van der Waals surface area contributed by atoms with Crippen LogP contribution in [0.15, 0.2) is 35.3 Å². The van der Waals surface area contributed by atoms with Crippen LogP contribution >= 0.6 is 0 Å². The second-order valence-corrected chi connectivity index (χ2v) is 8.68. The minimum absolute atomic E-state index is 0.102. The number of aryl methyl sites for hydroxylation is 2. The Morgan fingerprint density at radius 2 is 1.94 bits per heavy atom. The summed E-state index contributed by atoms with van der Waals surface area (Å²) in [7, 11) is 0. The average Bonchev–Trinajstić information content (AvgIpc) is 2.98. The minimum atomic E-state index is -0.294. The predicted octanol–water partition coefficient (Wildman–Crippen LogP) is 3.70. The summed E-state index contributed by atoms with van der Waals surface area (Å²) in [6.45, 7) is 6.14. The van der Waals surface area contributed by atoms with Crippen LogP contribution in [0.5, 0.6) is 0 Å². The van der Waals surface area contributed by atoms with Gasteiger partial charge in [-0.2, -0.15) is 5.10 Å². The zero-order valence-corrected chi connectivity index (χ0v) is 18.3. The van der Waals surface area contributed by atoms with Crippen molar-refractivity contribution in [3.63, 3.8) is 0 Å². The number of halogens is 1. The molecule has 0 unspecified atom stereocenters. The van der Waals surface area contributed by atoms with Gasteiger partial charge in [0.2, 0.25) is 5.91 Å². The number of nitrogens with one attached hydrogen (secondary N) is 1. The molecule has 6 nitrogen and oxygen atoms in total. The lowest BCUT2D eigenvalue weighted by molar-refractivity contribution is -0.123. The second kappa shape index (κ2) is 8.65. The normalized spacial score (nSPS) is 19.0. The highest BCUT2D eigenvalue weighted by Crippen LogP contribution is 2.25.